The third-order valence-electron chi connectivity index (χ3n) is 4.43. The third kappa shape index (κ3) is 2.85. The number of aromatic amines is 1. The van der Waals surface area contributed by atoms with Crippen LogP contribution in [0.4, 0.5) is 0 Å². The van der Waals surface area contributed by atoms with Crippen molar-refractivity contribution in [2.24, 2.45) is 4.99 Å². The summed E-state index contributed by atoms with van der Waals surface area (Å²) in [5, 5.41) is 8.70. The van der Waals surface area contributed by atoms with E-state index in [1.807, 2.05) is 24.3 Å². The lowest BCUT2D eigenvalue weighted by atomic mass is 9.91. The van der Waals surface area contributed by atoms with Crippen molar-refractivity contribution in [3.05, 3.63) is 70.9 Å². The van der Waals surface area contributed by atoms with Crippen LogP contribution in [0.15, 0.2) is 59.7 Å². The Labute approximate surface area is 145 Å². The summed E-state index contributed by atoms with van der Waals surface area (Å²) in [4.78, 5) is 7.79. The molecule has 0 bridgehead atoms. The molecule has 5 heteroatoms. The van der Waals surface area contributed by atoms with Gasteiger partial charge in [-0.2, -0.15) is 0 Å². The number of hydrogen-bond donors (Lipinski definition) is 3. The third-order valence-corrected chi connectivity index (χ3v) is 4.77. The minimum atomic E-state index is 0.139. The van der Waals surface area contributed by atoms with E-state index in [0.717, 1.165) is 41.7 Å². The van der Waals surface area contributed by atoms with Gasteiger partial charge in [0, 0.05) is 41.1 Å². The highest BCUT2D eigenvalue weighted by molar-refractivity contribution is 6.31. The van der Waals surface area contributed by atoms with Crippen molar-refractivity contribution < 1.29 is 0 Å². The Bertz CT molecular complexity index is 884. The number of fused-ring (bicyclic) bond motifs is 1. The fourth-order valence-corrected chi connectivity index (χ4v) is 3.51. The van der Waals surface area contributed by atoms with Crippen LogP contribution in [-0.4, -0.2) is 30.6 Å². The molecular weight excluding hydrogens is 320 g/mol. The van der Waals surface area contributed by atoms with E-state index in [-0.39, 0.29) is 5.92 Å². The molecule has 3 aromatic rings. The number of halogens is 1. The monoisotopic (exact) mass is 338 g/mol. The quantitative estimate of drug-likeness (QED) is 0.682. The van der Waals surface area contributed by atoms with Crippen LogP contribution in [0.25, 0.3) is 10.9 Å². The highest BCUT2D eigenvalue weighted by Crippen LogP contribution is 2.33. The lowest BCUT2D eigenvalue weighted by Crippen LogP contribution is -2.36. The molecule has 2 heterocycles. The van der Waals surface area contributed by atoms with Crippen molar-refractivity contribution in [1.82, 2.24) is 15.6 Å². The molecule has 0 unspecified atom stereocenters. The van der Waals surface area contributed by atoms with E-state index in [4.69, 9.17) is 11.6 Å². The van der Waals surface area contributed by atoms with Crippen LogP contribution >= 0.6 is 11.6 Å². The lowest BCUT2D eigenvalue weighted by Gasteiger charge is -2.20. The number of nitrogens with zero attached hydrogens (tertiary/aromatic N) is 1. The van der Waals surface area contributed by atoms with Gasteiger partial charge in [-0.25, -0.2) is 0 Å². The average molecular weight is 339 g/mol. The zero-order chi connectivity index (χ0) is 16.4. The molecule has 0 saturated heterocycles. The van der Waals surface area contributed by atoms with Gasteiger partial charge in [-0.15, -0.1) is 0 Å². The minimum Gasteiger partial charge on any atom is -0.361 e. The Balaban J connectivity index is 1.73. The largest absolute Gasteiger partial charge is 0.361 e. The zero-order valence-electron chi connectivity index (χ0n) is 13.2. The zero-order valence-corrected chi connectivity index (χ0v) is 14.0. The molecule has 1 aliphatic heterocycles. The highest BCUT2D eigenvalue weighted by atomic mass is 35.5. The molecular formula is C19H19ClN4. The molecule has 1 aromatic heterocycles. The molecule has 4 nitrogen and oxygen atoms in total. The lowest BCUT2D eigenvalue weighted by molar-refractivity contribution is 0.749. The number of para-hydroxylation sites is 1. The van der Waals surface area contributed by atoms with E-state index in [2.05, 4.69) is 51.1 Å². The van der Waals surface area contributed by atoms with Gasteiger partial charge >= 0.3 is 0 Å². The summed E-state index contributed by atoms with van der Waals surface area (Å²) in [6.45, 7) is 2.45. The van der Waals surface area contributed by atoms with Crippen LogP contribution in [0.1, 0.15) is 17.0 Å². The van der Waals surface area contributed by atoms with Crippen molar-refractivity contribution in [1.29, 1.82) is 0 Å². The van der Waals surface area contributed by atoms with Crippen LogP contribution in [0.3, 0.4) is 0 Å². The second kappa shape index (κ2) is 6.57. The molecule has 2 aromatic carbocycles. The summed E-state index contributed by atoms with van der Waals surface area (Å²) in [7, 11) is 0. The first-order chi connectivity index (χ1) is 11.8. The molecule has 0 spiro atoms. The number of aliphatic imine (C=N–C) groups is 1. The number of aromatic nitrogens is 1. The Kier molecular flexibility index (Phi) is 4.13. The number of hydrogen-bond acceptors (Lipinski definition) is 3. The van der Waals surface area contributed by atoms with E-state index in [9.17, 15) is 0 Å². The van der Waals surface area contributed by atoms with Crippen LogP contribution in [-0.2, 0) is 0 Å². The molecule has 1 aliphatic rings. The molecule has 122 valence electrons. The number of rotatable bonds is 4. The van der Waals surface area contributed by atoms with Crippen molar-refractivity contribution in [3.8, 4) is 0 Å². The van der Waals surface area contributed by atoms with Gasteiger partial charge in [0.1, 0.15) is 0 Å². The second-order valence-corrected chi connectivity index (χ2v) is 6.31. The fourth-order valence-electron chi connectivity index (χ4n) is 3.24. The Hall–Kier alpha value is -2.46. The second-order valence-electron chi connectivity index (χ2n) is 5.90. The van der Waals surface area contributed by atoms with Gasteiger partial charge in [0.05, 0.1) is 6.54 Å². The van der Waals surface area contributed by atoms with Crippen LogP contribution in [0, 0.1) is 0 Å². The number of nitrogens with one attached hydrogen (secondary N) is 3. The van der Waals surface area contributed by atoms with E-state index in [1.54, 1.807) is 0 Å². The first-order valence-corrected chi connectivity index (χ1v) is 8.53. The summed E-state index contributed by atoms with van der Waals surface area (Å²) in [6.07, 6.45) is 2.09. The van der Waals surface area contributed by atoms with Crippen molar-refractivity contribution in [2.75, 3.05) is 19.6 Å². The summed E-state index contributed by atoms with van der Waals surface area (Å²) in [5.41, 5.74) is 3.50. The fraction of sp³-hybridized carbons (Fsp3) is 0.211. The van der Waals surface area contributed by atoms with Gasteiger partial charge in [-0.05, 0) is 23.3 Å². The summed E-state index contributed by atoms with van der Waals surface area (Å²) in [5.74, 6) is 1.01. The van der Waals surface area contributed by atoms with E-state index in [1.165, 1.54) is 10.9 Å². The maximum atomic E-state index is 6.50. The number of H-pyrrole nitrogens is 1. The minimum absolute atomic E-state index is 0.139. The van der Waals surface area contributed by atoms with Gasteiger partial charge in [-0.1, -0.05) is 48.0 Å². The normalized spacial score (nSPS) is 15.1. The molecule has 3 N–H and O–H groups in total. The smallest absolute Gasteiger partial charge is 0.191 e. The molecule has 4 rings (SSSR count). The molecule has 0 radical (unpaired) electrons. The first kappa shape index (κ1) is 15.1. The van der Waals surface area contributed by atoms with Gasteiger partial charge in [0.25, 0.3) is 0 Å². The summed E-state index contributed by atoms with van der Waals surface area (Å²) >= 11 is 6.50. The van der Waals surface area contributed by atoms with Gasteiger partial charge < -0.3 is 15.6 Å². The van der Waals surface area contributed by atoms with Crippen LogP contribution in [0.5, 0.6) is 0 Å². The molecule has 24 heavy (non-hydrogen) atoms. The summed E-state index contributed by atoms with van der Waals surface area (Å²) in [6, 6.07) is 16.4. The van der Waals surface area contributed by atoms with Gasteiger partial charge in [0.15, 0.2) is 5.96 Å². The SMILES string of the molecule is Clc1ccccc1[C@H](CNC1=NCCN1)c1c[nH]c2ccccc12. The maximum Gasteiger partial charge on any atom is 0.191 e. The highest BCUT2D eigenvalue weighted by Gasteiger charge is 2.21. The molecule has 0 amide bonds. The summed E-state index contributed by atoms with van der Waals surface area (Å²) < 4.78 is 0. The van der Waals surface area contributed by atoms with Crippen molar-refractivity contribution in [3.63, 3.8) is 0 Å². The maximum absolute atomic E-state index is 6.50. The standard InChI is InChI=1S/C19H19ClN4/c20-17-7-3-1-5-13(17)15(12-24-19-21-9-10-22-19)16-11-23-18-8-4-2-6-14(16)18/h1-8,11,15,23H,9-10,12H2,(H2,21,22,24)/t15-/m0/s1. The van der Waals surface area contributed by atoms with Gasteiger partial charge in [0.2, 0.25) is 0 Å². The first-order valence-electron chi connectivity index (χ1n) is 8.15. The van der Waals surface area contributed by atoms with Crippen molar-refractivity contribution in [2.45, 2.75) is 5.92 Å². The van der Waals surface area contributed by atoms with E-state index < -0.39 is 0 Å². The van der Waals surface area contributed by atoms with Crippen LogP contribution in [0.2, 0.25) is 5.02 Å². The average Bonchev–Trinajstić information content (AvgIpc) is 3.27. The number of benzene rings is 2. The topological polar surface area (TPSA) is 52.2 Å². The molecule has 0 saturated carbocycles. The molecule has 0 fully saturated rings. The van der Waals surface area contributed by atoms with Gasteiger partial charge in [-0.3, -0.25) is 4.99 Å². The Morgan fingerprint density at radius 2 is 1.92 bits per heavy atom. The Morgan fingerprint density at radius 3 is 2.75 bits per heavy atom. The van der Waals surface area contributed by atoms with Crippen LogP contribution < -0.4 is 10.6 Å². The van der Waals surface area contributed by atoms with Crippen molar-refractivity contribution >= 4 is 28.5 Å². The molecule has 0 aliphatic carbocycles. The predicted molar refractivity (Wildman–Crippen MR) is 99.9 cm³/mol. The van der Waals surface area contributed by atoms with E-state index in [0.29, 0.717) is 0 Å². The number of guanidine groups is 1. The predicted octanol–water partition coefficient (Wildman–Crippen LogP) is 3.50. The molecule has 1 atom stereocenters. The Morgan fingerprint density at radius 1 is 1.08 bits per heavy atom. The van der Waals surface area contributed by atoms with E-state index >= 15 is 0 Å².